The molecule has 2 N–H and O–H groups in total. The lowest BCUT2D eigenvalue weighted by Crippen LogP contribution is -2.30. The van der Waals surface area contributed by atoms with Crippen molar-refractivity contribution < 1.29 is 13.2 Å². The Kier molecular flexibility index (Phi) is 5.81. The van der Waals surface area contributed by atoms with Crippen molar-refractivity contribution in [1.82, 2.24) is 23.7 Å². The number of halogens is 3. The Morgan fingerprint density at radius 1 is 1.06 bits per heavy atom. The summed E-state index contributed by atoms with van der Waals surface area (Å²) in [6.45, 7) is 3.97. The third-order valence-electron chi connectivity index (χ3n) is 5.52. The monoisotopic (exact) mass is 446 g/mol. The van der Waals surface area contributed by atoms with Gasteiger partial charge in [-0.1, -0.05) is 19.9 Å². The number of rotatable bonds is 7. The molecule has 0 saturated heterocycles. The van der Waals surface area contributed by atoms with Crippen LogP contribution < -0.4 is 11.4 Å². The van der Waals surface area contributed by atoms with Gasteiger partial charge >= 0.3 is 11.9 Å². The van der Waals surface area contributed by atoms with Crippen LogP contribution in [0.1, 0.15) is 31.7 Å². The van der Waals surface area contributed by atoms with Gasteiger partial charge in [0.05, 0.1) is 34.8 Å². The highest BCUT2D eigenvalue weighted by molar-refractivity contribution is 5.77. The van der Waals surface area contributed by atoms with Crippen LogP contribution in [0.2, 0.25) is 0 Å². The van der Waals surface area contributed by atoms with Gasteiger partial charge in [0.15, 0.2) is 0 Å². The minimum absolute atomic E-state index is 0.0383. The van der Waals surface area contributed by atoms with Gasteiger partial charge in [-0.2, -0.15) is 13.2 Å². The molecule has 170 valence electrons. The molecule has 0 aliphatic heterocycles. The fraction of sp³-hybridized carbons (Fsp3) is 0.409. The van der Waals surface area contributed by atoms with Crippen molar-refractivity contribution in [2.24, 2.45) is 11.7 Å². The van der Waals surface area contributed by atoms with Crippen molar-refractivity contribution in [1.29, 1.82) is 0 Å². The van der Waals surface area contributed by atoms with Gasteiger partial charge in [0, 0.05) is 19.3 Å². The summed E-state index contributed by atoms with van der Waals surface area (Å²) in [6.07, 6.45) is -0.832. The second kappa shape index (κ2) is 8.42. The van der Waals surface area contributed by atoms with Gasteiger partial charge in [0.2, 0.25) is 0 Å². The van der Waals surface area contributed by atoms with E-state index in [1.807, 2.05) is 22.8 Å². The van der Waals surface area contributed by atoms with Crippen molar-refractivity contribution in [3.05, 3.63) is 58.5 Å². The van der Waals surface area contributed by atoms with Gasteiger partial charge in [-0.15, -0.1) is 0 Å². The number of nitrogens with two attached hydrogens (primary N) is 1. The molecular weight excluding hydrogens is 421 g/mol. The Hall–Kier alpha value is -3.14. The minimum Gasteiger partial charge on any atom is -0.326 e. The van der Waals surface area contributed by atoms with Crippen molar-refractivity contribution in [3.8, 4) is 0 Å². The average Bonchev–Trinajstić information content (AvgIpc) is 3.21. The lowest BCUT2D eigenvalue weighted by atomic mass is 10.1. The Bertz CT molecular complexity index is 1320. The SMILES string of the molecule is CC(C)CCn1c(Cn2c(=O)n(CC(F)(F)F)c3ccncc32)nc2cc(CN)ccc21. The summed E-state index contributed by atoms with van der Waals surface area (Å²) in [5, 5.41) is 0. The van der Waals surface area contributed by atoms with Gasteiger partial charge in [-0.25, -0.2) is 9.78 Å². The molecule has 0 unspecified atom stereocenters. The largest absolute Gasteiger partial charge is 0.406 e. The molecule has 4 aromatic rings. The number of aryl methyl sites for hydroxylation is 1. The van der Waals surface area contributed by atoms with E-state index in [1.165, 1.54) is 23.0 Å². The Labute approximate surface area is 182 Å². The number of alkyl halides is 3. The fourth-order valence-electron chi connectivity index (χ4n) is 3.90. The van der Waals surface area contributed by atoms with E-state index in [0.29, 0.717) is 30.3 Å². The van der Waals surface area contributed by atoms with E-state index in [4.69, 9.17) is 10.7 Å². The molecule has 10 heteroatoms. The maximum atomic E-state index is 13.1. The molecule has 0 radical (unpaired) electrons. The normalized spacial score (nSPS) is 12.5. The van der Waals surface area contributed by atoms with E-state index in [0.717, 1.165) is 27.6 Å². The van der Waals surface area contributed by atoms with E-state index in [1.54, 1.807) is 0 Å². The van der Waals surface area contributed by atoms with Crippen molar-refractivity contribution in [2.45, 2.75) is 52.6 Å². The van der Waals surface area contributed by atoms with Crippen molar-refractivity contribution in [2.75, 3.05) is 0 Å². The summed E-state index contributed by atoms with van der Waals surface area (Å²) in [4.78, 5) is 21.7. The predicted octanol–water partition coefficient (Wildman–Crippen LogP) is 3.66. The molecule has 0 amide bonds. The van der Waals surface area contributed by atoms with E-state index in [-0.39, 0.29) is 12.1 Å². The molecule has 0 spiro atoms. The zero-order valence-electron chi connectivity index (χ0n) is 17.9. The first-order valence-electron chi connectivity index (χ1n) is 10.5. The van der Waals surface area contributed by atoms with Crippen molar-refractivity contribution >= 4 is 22.1 Å². The smallest absolute Gasteiger partial charge is 0.326 e. The average molecular weight is 446 g/mol. The van der Waals surface area contributed by atoms with Crippen LogP contribution in [0.25, 0.3) is 22.1 Å². The molecule has 0 aliphatic carbocycles. The number of benzene rings is 1. The minimum atomic E-state index is -4.52. The van der Waals surface area contributed by atoms with Crippen LogP contribution in [-0.2, 0) is 26.2 Å². The summed E-state index contributed by atoms with van der Waals surface area (Å²) in [5.41, 5.74) is 8.14. The maximum absolute atomic E-state index is 13.1. The summed E-state index contributed by atoms with van der Waals surface area (Å²) >= 11 is 0. The van der Waals surface area contributed by atoms with Crippen LogP contribution in [0.15, 0.2) is 41.5 Å². The predicted molar refractivity (Wildman–Crippen MR) is 116 cm³/mol. The highest BCUT2D eigenvalue weighted by Gasteiger charge is 2.31. The van der Waals surface area contributed by atoms with Crippen LogP contribution in [0.5, 0.6) is 0 Å². The molecule has 0 fully saturated rings. The lowest BCUT2D eigenvalue weighted by Gasteiger charge is -2.12. The first-order chi connectivity index (χ1) is 15.2. The standard InChI is InChI=1S/C22H25F3N6O/c1-14(2)6-8-29-17-4-3-15(10-26)9-16(17)28-20(29)12-30-19-11-27-7-5-18(19)31(21(30)32)13-22(23,24)25/h3-5,7,9,11,14H,6,8,10,12-13,26H2,1-2H3. The molecule has 0 saturated carbocycles. The van der Waals surface area contributed by atoms with Crippen LogP contribution >= 0.6 is 0 Å². The second-order valence-electron chi connectivity index (χ2n) is 8.32. The molecule has 0 aliphatic rings. The molecule has 1 aromatic carbocycles. The molecule has 32 heavy (non-hydrogen) atoms. The number of fused-ring (bicyclic) bond motifs is 2. The summed E-state index contributed by atoms with van der Waals surface area (Å²) < 4.78 is 43.5. The number of pyridine rings is 1. The highest BCUT2D eigenvalue weighted by atomic mass is 19.4. The van der Waals surface area contributed by atoms with Gasteiger partial charge in [0.1, 0.15) is 12.4 Å². The first kappa shape index (κ1) is 22.1. The van der Waals surface area contributed by atoms with Gasteiger partial charge in [-0.05, 0) is 36.1 Å². The first-order valence-corrected chi connectivity index (χ1v) is 10.5. The quantitative estimate of drug-likeness (QED) is 0.470. The molecule has 3 aromatic heterocycles. The molecule has 3 heterocycles. The zero-order valence-corrected chi connectivity index (χ0v) is 17.9. The van der Waals surface area contributed by atoms with E-state index in [2.05, 4.69) is 18.8 Å². The Morgan fingerprint density at radius 2 is 1.84 bits per heavy atom. The molecule has 7 nitrogen and oxygen atoms in total. The Morgan fingerprint density at radius 3 is 2.53 bits per heavy atom. The summed E-state index contributed by atoms with van der Waals surface area (Å²) in [7, 11) is 0. The number of aromatic nitrogens is 5. The molecule has 4 rings (SSSR count). The topological polar surface area (TPSA) is 83.7 Å². The maximum Gasteiger partial charge on any atom is 0.406 e. The van der Waals surface area contributed by atoms with E-state index in [9.17, 15) is 18.0 Å². The summed E-state index contributed by atoms with van der Waals surface area (Å²) in [6, 6.07) is 7.22. The fourth-order valence-corrected chi connectivity index (χ4v) is 3.90. The number of imidazole rings is 2. The van der Waals surface area contributed by atoms with E-state index >= 15 is 0 Å². The van der Waals surface area contributed by atoms with Gasteiger partial charge in [0.25, 0.3) is 0 Å². The lowest BCUT2D eigenvalue weighted by molar-refractivity contribution is -0.140. The van der Waals surface area contributed by atoms with Crippen molar-refractivity contribution in [3.63, 3.8) is 0 Å². The van der Waals surface area contributed by atoms with Crippen LogP contribution in [-0.4, -0.2) is 29.8 Å². The molecular formula is C22H25F3N6O. The van der Waals surface area contributed by atoms with Gasteiger partial charge < -0.3 is 10.3 Å². The summed E-state index contributed by atoms with van der Waals surface area (Å²) in [5.74, 6) is 1.05. The number of hydrogen-bond acceptors (Lipinski definition) is 4. The molecule has 0 bridgehead atoms. The second-order valence-corrected chi connectivity index (χ2v) is 8.32. The van der Waals surface area contributed by atoms with Gasteiger partial charge in [-0.3, -0.25) is 14.1 Å². The van der Waals surface area contributed by atoms with Crippen LogP contribution in [0, 0.1) is 5.92 Å². The third kappa shape index (κ3) is 4.27. The van der Waals surface area contributed by atoms with Crippen LogP contribution in [0.4, 0.5) is 13.2 Å². The highest BCUT2D eigenvalue weighted by Crippen LogP contribution is 2.23. The zero-order chi connectivity index (χ0) is 23.0. The number of nitrogens with zero attached hydrogens (tertiary/aromatic N) is 5. The number of hydrogen-bond donors (Lipinski definition) is 1. The van der Waals surface area contributed by atoms with Crippen LogP contribution in [0.3, 0.4) is 0 Å². The molecule has 0 atom stereocenters. The Balaban J connectivity index is 1.85. The van der Waals surface area contributed by atoms with E-state index < -0.39 is 18.4 Å². The third-order valence-corrected chi connectivity index (χ3v) is 5.52.